The Kier molecular flexibility index (Phi) is 5.78. The Morgan fingerprint density at radius 1 is 1.00 bits per heavy atom. The zero-order valence-corrected chi connectivity index (χ0v) is 13.9. The Hall–Kier alpha value is -3.02. The fraction of sp³-hybridized carbons (Fsp3) is 0.222. The van der Waals surface area contributed by atoms with E-state index in [1.807, 2.05) is 31.2 Å². The molecule has 6 nitrogen and oxygen atoms in total. The highest BCUT2D eigenvalue weighted by Gasteiger charge is 2.15. The molecule has 0 bridgehead atoms. The summed E-state index contributed by atoms with van der Waals surface area (Å²) < 4.78 is 5.62. The normalized spacial score (nSPS) is 11.3. The van der Waals surface area contributed by atoms with Crippen LogP contribution in [-0.4, -0.2) is 25.1 Å². The first-order chi connectivity index (χ1) is 11.5. The highest BCUT2D eigenvalue weighted by molar-refractivity contribution is 5.95. The predicted molar refractivity (Wildman–Crippen MR) is 94.4 cm³/mol. The van der Waals surface area contributed by atoms with Gasteiger partial charge in [-0.25, -0.2) is 4.79 Å². The lowest BCUT2D eigenvalue weighted by atomic mass is 10.2. The lowest BCUT2D eigenvalue weighted by Gasteiger charge is -2.15. The van der Waals surface area contributed by atoms with E-state index < -0.39 is 6.10 Å². The fourth-order valence-corrected chi connectivity index (χ4v) is 1.99. The number of hydrogen-bond acceptors (Lipinski definition) is 3. The molecular weight excluding hydrogens is 306 g/mol. The number of anilines is 2. The molecule has 0 aliphatic rings. The summed E-state index contributed by atoms with van der Waals surface area (Å²) in [6.45, 7) is 3.67. The van der Waals surface area contributed by atoms with Gasteiger partial charge in [0, 0.05) is 18.4 Å². The van der Waals surface area contributed by atoms with Crippen LogP contribution < -0.4 is 20.7 Å². The predicted octanol–water partition coefficient (Wildman–Crippen LogP) is 3.15. The summed E-state index contributed by atoms with van der Waals surface area (Å²) in [6.07, 6.45) is -0.650. The number of rotatable bonds is 5. The van der Waals surface area contributed by atoms with Gasteiger partial charge in [-0.3, -0.25) is 4.79 Å². The number of urea groups is 1. The van der Waals surface area contributed by atoms with Gasteiger partial charge in [-0.1, -0.05) is 23.8 Å². The van der Waals surface area contributed by atoms with Crippen LogP contribution in [0.4, 0.5) is 16.2 Å². The zero-order chi connectivity index (χ0) is 17.5. The number of ether oxygens (including phenoxy) is 1. The molecule has 6 heteroatoms. The van der Waals surface area contributed by atoms with Crippen molar-refractivity contribution < 1.29 is 14.3 Å². The molecule has 0 aromatic heterocycles. The Bertz CT molecular complexity index is 714. The molecule has 0 fully saturated rings. The minimum Gasteiger partial charge on any atom is -0.481 e. The van der Waals surface area contributed by atoms with Gasteiger partial charge in [-0.2, -0.15) is 0 Å². The summed E-state index contributed by atoms with van der Waals surface area (Å²) in [4.78, 5) is 23.6. The van der Waals surface area contributed by atoms with E-state index in [9.17, 15) is 9.59 Å². The van der Waals surface area contributed by atoms with E-state index >= 15 is 0 Å². The van der Waals surface area contributed by atoms with Crippen LogP contribution in [0.1, 0.15) is 12.5 Å². The molecule has 0 aliphatic carbocycles. The van der Waals surface area contributed by atoms with Crippen LogP contribution in [0.3, 0.4) is 0 Å². The second-order valence-electron chi connectivity index (χ2n) is 5.35. The van der Waals surface area contributed by atoms with Gasteiger partial charge < -0.3 is 20.7 Å². The molecule has 24 heavy (non-hydrogen) atoms. The number of amides is 3. The summed E-state index contributed by atoms with van der Waals surface area (Å²) in [5, 5.41) is 7.88. The molecule has 3 N–H and O–H groups in total. The van der Waals surface area contributed by atoms with Crippen molar-refractivity contribution in [1.82, 2.24) is 5.32 Å². The molecule has 0 radical (unpaired) electrons. The molecule has 0 spiro atoms. The average molecular weight is 327 g/mol. The van der Waals surface area contributed by atoms with E-state index in [2.05, 4.69) is 16.0 Å². The number of nitrogens with one attached hydrogen (secondary N) is 3. The maximum atomic E-state index is 12.2. The van der Waals surface area contributed by atoms with Gasteiger partial charge in [-0.15, -0.1) is 0 Å². The van der Waals surface area contributed by atoms with Gasteiger partial charge in [0.15, 0.2) is 6.10 Å². The molecule has 1 atom stereocenters. The first kappa shape index (κ1) is 17.3. The van der Waals surface area contributed by atoms with E-state index in [0.717, 1.165) is 5.56 Å². The smallest absolute Gasteiger partial charge is 0.318 e. The third kappa shape index (κ3) is 5.01. The van der Waals surface area contributed by atoms with E-state index in [1.54, 1.807) is 31.2 Å². The molecule has 0 saturated carbocycles. The maximum Gasteiger partial charge on any atom is 0.318 e. The van der Waals surface area contributed by atoms with Gasteiger partial charge in [0.25, 0.3) is 5.91 Å². The quantitative estimate of drug-likeness (QED) is 0.789. The van der Waals surface area contributed by atoms with Gasteiger partial charge in [0.1, 0.15) is 5.75 Å². The van der Waals surface area contributed by atoms with Crippen LogP contribution in [-0.2, 0) is 4.79 Å². The molecule has 126 valence electrons. The molecule has 0 saturated heterocycles. The van der Waals surface area contributed by atoms with Gasteiger partial charge in [-0.05, 0) is 44.2 Å². The van der Waals surface area contributed by atoms with Crippen molar-refractivity contribution in [2.45, 2.75) is 20.0 Å². The number of aryl methyl sites for hydroxylation is 1. The van der Waals surface area contributed by atoms with Crippen molar-refractivity contribution in [3.63, 3.8) is 0 Å². The molecule has 1 unspecified atom stereocenters. The van der Waals surface area contributed by atoms with Crippen molar-refractivity contribution in [2.75, 3.05) is 17.7 Å². The SMILES string of the molecule is CNC(=O)Nc1cccc(NC(=O)C(C)Oc2ccc(C)cc2)c1. The van der Waals surface area contributed by atoms with Crippen molar-refractivity contribution in [2.24, 2.45) is 0 Å². The number of hydrogen-bond donors (Lipinski definition) is 3. The molecule has 3 amide bonds. The Morgan fingerprint density at radius 2 is 1.62 bits per heavy atom. The number of carbonyl (C=O) groups is 2. The summed E-state index contributed by atoms with van der Waals surface area (Å²) in [7, 11) is 1.53. The van der Waals surface area contributed by atoms with E-state index in [0.29, 0.717) is 17.1 Å². The summed E-state index contributed by atoms with van der Waals surface area (Å²) in [5.41, 5.74) is 2.28. The van der Waals surface area contributed by atoms with Crippen molar-refractivity contribution in [3.05, 3.63) is 54.1 Å². The first-order valence-corrected chi connectivity index (χ1v) is 7.61. The summed E-state index contributed by atoms with van der Waals surface area (Å²) in [6, 6.07) is 14.1. The van der Waals surface area contributed by atoms with Crippen LogP contribution in [0, 0.1) is 6.92 Å². The van der Waals surface area contributed by atoms with Gasteiger partial charge in [0.05, 0.1) is 0 Å². The standard InChI is InChI=1S/C18H21N3O3/c1-12-7-9-16(10-8-12)24-13(2)17(22)20-14-5-4-6-15(11-14)21-18(23)19-3/h4-11,13H,1-3H3,(H,20,22)(H2,19,21,23). The van der Waals surface area contributed by atoms with Gasteiger partial charge >= 0.3 is 6.03 Å². The van der Waals surface area contributed by atoms with Crippen LogP contribution >= 0.6 is 0 Å². The zero-order valence-electron chi connectivity index (χ0n) is 13.9. The Morgan fingerprint density at radius 3 is 2.25 bits per heavy atom. The molecule has 2 aromatic rings. The number of benzene rings is 2. The lowest BCUT2D eigenvalue weighted by molar-refractivity contribution is -0.122. The second kappa shape index (κ2) is 8.01. The second-order valence-corrected chi connectivity index (χ2v) is 5.35. The largest absolute Gasteiger partial charge is 0.481 e. The summed E-state index contributed by atoms with van der Waals surface area (Å²) in [5.74, 6) is 0.367. The lowest BCUT2D eigenvalue weighted by Crippen LogP contribution is -2.30. The highest BCUT2D eigenvalue weighted by Crippen LogP contribution is 2.17. The van der Waals surface area contributed by atoms with E-state index in [-0.39, 0.29) is 11.9 Å². The van der Waals surface area contributed by atoms with Crippen molar-refractivity contribution >= 4 is 23.3 Å². The average Bonchev–Trinajstić information content (AvgIpc) is 2.57. The van der Waals surface area contributed by atoms with Crippen LogP contribution in [0.5, 0.6) is 5.75 Å². The van der Waals surface area contributed by atoms with Crippen molar-refractivity contribution in [3.8, 4) is 5.75 Å². The maximum absolute atomic E-state index is 12.2. The monoisotopic (exact) mass is 327 g/mol. The van der Waals surface area contributed by atoms with Gasteiger partial charge in [0.2, 0.25) is 0 Å². The minimum atomic E-state index is -0.650. The van der Waals surface area contributed by atoms with Crippen LogP contribution in [0.15, 0.2) is 48.5 Å². The molecule has 2 rings (SSSR count). The summed E-state index contributed by atoms with van der Waals surface area (Å²) >= 11 is 0. The fourth-order valence-electron chi connectivity index (χ4n) is 1.99. The molecular formula is C18H21N3O3. The minimum absolute atomic E-state index is 0.271. The highest BCUT2D eigenvalue weighted by atomic mass is 16.5. The Balaban J connectivity index is 1.96. The third-order valence-corrected chi connectivity index (χ3v) is 3.32. The van der Waals surface area contributed by atoms with Crippen molar-refractivity contribution in [1.29, 1.82) is 0 Å². The van der Waals surface area contributed by atoms with Crippen LogP contribution in [0.2, 0.25) is 0 Å². The van der Waals surface area contributed by atoms with E-state index in [1.165, 1.54) is 7.05 Å². The third-order valence-electron chi connectivity index (χ3n) is 3.32. The first-order valence-electron chi connectivity index (χ1n) is 7.61. The molecule has 2 aromatic carbocycles. The molecule has 0 aliphatic heterocycles. The Labute approximate surface area is 141 Å². The van der Waals surface area contributed by atoms with E-state index in [4.69, 9.17) is 4.74 Å². The number of carbonyl (C=O) groups excluding carboxylic acids is 2. The topological polar surface area (TPSA) is 79.5 Å². The van der Waals surface area contributed by atoms with Crippen LogP contribution in [0.25, 0.3) is 0 Å². The molecule has 0 heterocycles.